The molecule has 0 saturated carbocycles. The average molecular weight is 245 g/mol. The van der Waals surface area contributed by atoms with Gasteiger partial charge in [-0.3, -0.25) is 4.98 Å². The van der Waals surface area contributed by atoms with Crippen LogP contribution in [0.5, 0.6) is 0 Å². The van der Waals surface area contributed by atoms with E-state index >= 15 is 0 Å². The van der Waals surface area contributed by atoms with Crippen LogP contribution in [0.25, 0.3) is 10.9 Å². The molecule has 0 bridgehead atoms. The highest BCUT2D eigenvalue weighted by atomic mass is 14.9. The molecule has 0 spiro atoms. The molecule has 0 atom stereocenters. The third kappa shape index (κ3) is 2.12. The SMILES string of the molecule is N#Cc1ccccc1Nc1cccc2cccnc12. The van der Waals surface area contributed by atoms with Crippen molar-refractivity contribution >= 4 is 22.3 Å². The number of benzene rings is 2. The normalized spacial score (nSPS) is 10.1. The second kappa shape index (κ2) is 4.79. The molecule has 3 heteroatoms. The summed E-state index contributed by atoms with van der Waals surface area (Å²) in [6.07, 6.45) is 1.77. The van der Waals surface area contributed by atoms with Crippen LogP contribution in [0.15, 0.2) is 60.8 Å². The van der Waals surface area contributed by atoms with Gasteiger partial charge in [0.2, 0.25) is 0 Å². The summed E-state index contributed by atoms with van der Waals surface area (Å²) in [5.74, 6) is 0. The number of aromatic nitrogens is 1. The molecule has 0 radical (unpaired) electrons. The van der Waals surface area contributed by atoms with Crippen molar-refractivity contribution in [1.82, 2.24) is 4.98 Å². The molecule has 3 nitrogen and oxygen atoms in total. The first kappa shape index (κ1) is 11.2. The Morgan fingerprint density at radius 1 is 0.895 bits per heavy atom. The van der Waals surface area contributed by atoms with Crippen molar-refractivity contribution in [2.24, 2.45) is 0 Å². The van der Waals surface area contributed by atoms with Gasteiger partial charge in [0.1, 0.15) is 6.07 Å². The lowest BCUT2D eigenvalue weighted by Crippen LogP contribution is -1.95. The maximum absolute atomic E-state index is 9.10. The predicted molar refractivity (Wildman–Crippen MR) is 76.2 cm³/mol. The number of para-hydroxylation sites is 2. The van der Waals surface area contributed by atoms with Crippen LogP contribution in [0.4, 0.5) is 11.4 Å². The van der Waals surface area contributed by atoms with E-state index in [4.69, 9.17) is 5.26 Å². The molecule has 1 aromatic heterocycles. The van der Waals surface area contributed by atoms with Crippen molar-refractivity contribution in [1.29, 1.82) is 5.26 Å². The first-order valence-corrected chi connectivity index (χ1v) is 5.98. The van der Waals surface area contributed by atoms with Crippen LogP contribution in [-0.4, -0.2) is 4.98 Å². The summed E-state index contributed by atoms with van der Waals surface area (Å²) in [4.78, 5) is 4.39. The van der Waals surface area contributed by atoms with Gasteiger partial charge in [0, 0.05) is 11.6 Å². The molecular weight excluding hydrogens is 234 g/mol. The molecule has 3 rings (SSSR count). The summed E-state index contributed by atoms with van der Waals surface area (Å²) < 4.78 is 0. The van der Waals surface area contributed by atoms with E-state index < -0.39 is 0 Å². The van der Waals surface area contributed by atoms with Gasteiger partial charge >= 0.3 is 0 Å². The van der Waals surface area contributed by atoms with Gasteiger partial charge in [-0.2, -0.15) is 5.26 Å². The van der Waals surface area contributed by atoms with E-state index in [2.05, 4.69) is 16.4 Å². The molecule has 0 saturated heterocycles. The van der Waals surface area contributed by atoms with E-state index in [0.717, 1.165) is 22.3 Å². The summed E-state index contributed by atoms with van der Waals surface area (Å²) in [5, 5.41) is 13.5. The highest BCUT2D eigenvalue weighted by Gasteiger charge is 2.04. The molecule has 90 valence electrons. The number of pyridine rings is 1. The third-order valence-corrected chi connectivity index (χ3v) is 2.95. The maximum Gasteiger partial charge on any atom is 0.101 e. The zero-order valence-corrected chi connectivity index (χ0v) is 10.2. The van der Waals surface area contributed by atoms with Gasteiger partial charge in [0.05, 0.1) is 22.5 Å². The van der Waals surface area contributed by atoms with Gasteiger partial charge in [-0.15, -0.1) is 0 Å². The molecule has 0 unspecified atom stereocenters. The van der Waals surface area contributed by atoms with Gasteiger partial charge < -0.3 is 5.32 Å². The highest BCUT2D eigenvalue weighted by molar-refractivity contribution is 5.92. The molecule has 19 heavy (non-hydrogen) atoms. The summed E-state index contributed by atoms with van der Waals surface area (Å²) in [6, 6.07) is 19.5. The van der Waals surface area contributed by atoms with Crippen LogP contribution in [0, 0.1) is 11.3 Å². The Bertz CT molecular complexity index is 767. The van der Waals surface area contributed by atoms with Crippen molar-refractivity contribution in [3.05, 3.63) is 66.4 Å². The van der Waals surface area contributed by atoms with Gasteiger partial charge in [-0.05, 0) is 24.3 Å². The fourth-order valence-electron chi connectivity index (χ4n) is 2.04. The van der Waals surface area contributed by atoms with E-state index in [1.807, 2.05) is 48.5 Å². The zero-order valence-electron chi connectivity index (χ0n) is 10.2. The fourth-order valence-corrected chi connectivity index (χ4v) is 2.04. The molecule has 0 aliphatic rings. The quantitative estimate of drug-likeness (QED) is 0.746. The second-order valence-electron chi connectivity index (χ2n) is 4.16. The summed E-state index contributed by atoms with van der Waals surface area (Å²) in [6.45, 7) is 0. The fraction of sp³-hybridized carbons (Fsp3) is 0. The van der Waals surface area contributed by atoms with Gasteiger partial charge in [0.25, 0.3) is 0 Å². The first-order chi connectivity index (χ1) is 9.38. The van der Waals surface area contributed by atoms with Crippen LogP contribution < -0.4 is 5.32 Å². The van der Waals surface area contributed by atoms with Crippen LogP contribution >= 0.6 is 0 Å². The molecule has 0 aliphatic heterocycles. The van der Waals surface area contributed by atoms with E-state index in [-0.39, 0.29) is 0 Å². The molecule has 1 N–H and O–H groups in total. The molecule has 0 fully saturated rings. The number of fused-ring (bicyclic) bond motifs is 1. The van der Waals surface area contributed by atoms with Crippen molar-refractivity contribution in [2.75, 3.05) is 5.32 Å². The maximum atomic E-state index is 9.10. The van der Waals surface area contributed by atoms with Crippen molar-refractivity contribution in [2.45, 2.75) is 0 Å². The average Bonchev–Trinajstić information content (AvgIpc) is 2.48. The lowest BCUT2D eigenvalue weighted by atomic mass is 10.1. The van der Waals surface area contributed by atoms with E-state index in [1.165, 1.54) is 0 Å². The number of anilines is 2. The molecule has 0 aliphatic carbocycles. The summed E-state index contributed by atoms with van der Waals surface area (Å²) in [5.41, 5.74) is 3.22. The highest BCUT2D eigenvalue weighted by Crippen LogP contribution is 2.26. The molecule has 2 aromatic carbocycles. The largest absolute Gasteiger partial charge is 0.353 e. The Morgan fingerprint density at radius 3 is 2.58 bits per heavy atom. The standard InChI is InChI=1S/C16H11N3/c17-11-13-5-1-2-8-14(13)19-15-9-3-6-12-7-4-10-18-16(12)15/h1-10,19H. The van der Waals surface area contributed by atoms with Crippen molar-refractivity contribution in [3.8, 4) is 6.07 Å². The molecule has 3 aromatic rings. The van der Waals surface area contributed by atoms with Crippen LogP contribution in [0.1, 0.15) is 5.56 Å². The summed E-state index contributed by atoms with van der Waals surface area (Å²) in [7, 11) is 0. The van der Waals surface area contributed by atoms with Gasteiger partial charge in [-0.1, -0.05) is 30.3 Å². The van der Waals surface area contributed by atoms with E-state index in [9.17, 15) is 0 Å². The monoisotopic (exact) mass is 245 g/mol. The first-order valence-electron chi connectivity index (χ1n) is 5.98. The van der Waals surface area contributed by atoms with Crippen LogP contribution in [0.2, 0.25) is 0 Å². The van der Waals surface area contributed by atoms with Crippen molar-refractivity contribution < 1.29 is 0 Å². The lowest BCUT2D eigenvalue weighted by Gasteiger charge is -2.10. The second-order valence-corrected chi connectivity index (χ2v) is 4.16. The van der Waals surface area contributed by atoms with Crippen molar-refractivity contribution in [3.63, 3.8) is 0 Å². The Hall–Kier alpha value is -2.86. The number of nitriles is 1. The van der Waals surface area contributed by atoms with Crippen LogP contribution in [0.3, 0.4) is 0 Å². The Morgan fingerprint density at radius 2 is 1.68 bits per heavy atom. The number of hydrogen-bond acceptors (Lipinski definition) is 3. The zero-order chi connectivity index (χ0) is 13.1. The number of rotatable bonds is 2. The smallest absolute Gasteiger partial charge is 0.101 e. The minimum absolute atomic E-state index is 0.621. The Kier molecular flexibility index (Phi) is 2.83. The lowest BCUT2D eigenvalue weighted by molar-refractivity contribution is 1.40. The molecule has 1 heterocycles. The molecule has 0 amide bonds. The Labute approximate surface area is 111 Å². The van der Waals surface area contributed by atoms with E-state index in [0.29, 0.717) is 5.56 Å². The number of hydrogen-bond donors (Lipinski definition) is 1. The summed E-state index contributed by atoms with van der Waals surface area (Å²) >= 11 is 0. The number of nitrogens with one attached hydrogen (secondary N) is 1. The Balaban J connectivity index is 2.09. The van der Waals surface area contributed by atoms with Crippen LogP contribution in [-0.2, 0) is 0 Å². The number of nitrogens with zero attached hydrogens (tertiary/aromatic N) is 2. The topological polar surface area (TPSA) is 48.7 Å². The van der Waals surface area contributed by atoms with Gasteiger partial charge in [-0.25, -0.2) is 0 Å². The molecular formula is C16H11N3. The third-order valence-electron chi connectivity index (χ3n) is 2.95. The van der Waals surface area contributed by atoms with Gasteiger partial charge in [0.15, 0.2) is 0 Å². The minimum atomic E-state index is 0.621. The predicted octanol–water partition coefficient (Wildman–Crippen LogP) is 3.85. The van der Waals surface area contributed by atoms with E-state index in [1.54, 1.807) is 12.3 Å². The minimum Gasteiger partial charge on any atom is -0.353 e.